The number of alkyl halides is 3. The minimum Gasteiger partial charge on any atom is -0.394 e. The Morgan fingerprint density at radius 1 is 1.30 bits per heavy atom. The van der Waals surface area contributed by atoms with Crippen molar-refractivity contribution in [3.05, 3.63) is 0 Å². The van der Waals surface area contributed by atoms with Crippen LogP contribution in [0.5, 0.6) is 0 Å². The summed E-state index contributed by atoms with van der Waals surface area (Å²) < 4.78 is 46.5. The van der Waals surface area contributed by atoms with E-state index < -0.39 is 30.0 Å². The summed E-state index contributed by atoms with van der Waals surface area (Å²) in [5.41, 5.74) is -0.995. The Kier molecular flexibility index (Phi) is 5.36. The van der Waals surface area contributed by atoms with E-state index in [2.05, 4.69) is 5.32 Å². The lowest BCUT2D eigenvalue weighted by molar-refractivity contribution is -0.275. The van der Waals surface area contributed by atoms with E-state index in [1.165, 1.54) is 0 Å². The first kappa shape index (κ1) is 17.2. The Morgan fingerprint density at radius 2 is 1.85 bits per heavy atom. The molecular formula is C11H19F3N2O4. The number of halogens is 3. The quantitative estimate of drug-likeness (QED) is 0.653. The van der Waals surface area contributed by atoms with Crippen molar-refractivity contribution in [2.75, 3.05) is 32.9 Å². The fourth-order valence-corrected chi connectivity index (χ4v) is 1.49. The van der Waals surface area contributed by atoms with Gasteiger partial charge in [0.15, 0.2) is 5.79 Å². The molecule has 0 radical (unpaired) electrons. The molecule has 6 nitrogen and oxygen atoms in total. The first-order valence-electron chi connectivity index (χ1n) is 6.05. The summed E-state index contributed by atoms with van der Waals surface area (Å²) in [7, 11) is 0. The maximum Gasteiger partial charge on any atom is 0.405 e. The molecule has 3 N–H and O–H groups in total. The topological polar surface area (TPSA) is 79.8 Å². The predicted molar refractivity (Wildman–Crippen MR) is 62.9 cm³/mol. The lowest BCUT2D eigenvalue weighted by atomic mass is 10.0. The Balaban J connectivity index is 2.40. The Morgan fingerprint density at radius 3 is 2.30 bits per heavy atom. The van der Waals surface area contributed by atoms with Crippen LogP contribution in [0.1, 0.15) is 13.8 Å². The SMILES string of the molecule is CC1(C)OCC(CO)(NCC(=O)NCC(F)(F)F)CO1. The molecule has 0 aromatic carbocycles. The number of ether oxygens (including phenoxy) is 2. The highest BCUT2D eigenvalue weighted by molar-refractivity contribution is 5.78. The van der Waals surface area contributed by atoms with Crippen molar-refractivity contribution in [2.24, 2.45) is 0 Å². The van der Waals surface area contributed by atoms with Gasteiger partial charge in [0.25, 0.3) is 0 Å². The molecule has 0 saturated carbocycles. The maximum atomic E-state index is 11.9. The third kappa shape index (κ3) is 5.61. The molecule has 1 aliphatic rings. The van der Waals surface area contributed by atoms with Crippen molar-refractivity contribution in [3.63, 3.8) is 0 Å². The number of hydrogen-bond acceptors (Lipinski definition) is 5. The van der Waals surface area contributed by atoms with E-state index in [-0.39, 0.29) is 26.4 Å². The number of amides is 1. The summed E-state index contributed by atoms with van der Waals surface area (Å²) in [6, 6.07) is 0. The van der Waals surface area contributed by atoms with E-state index in [1.807, 2.05) is 0 Å². The molecule has 0 bridgehead atoms. The maximum absolute atomic E-state index is 11.9. The molecule has 9 heteroatoms. The summed E-state index contributed by atoms with van der Waals surface area (Å²) in [6.45, 7) is 1.44. The molecule has 0 aromatic heterocycles. The van der Waals surface area contributed by atoms with Crippen molar-refractivity contribution in [3.8, 4) is 0 Å². The van der Waals surface area contributed by atoms with Crippen LogP contribution in [-0.4, -0.2) is 61.4 Å². The van der Waals surface area contributed by atoms with Crippen molar-refractivity contribution < 1.29 is 32.5 Å². The molecule has 118 valence electrons. The number of nitrogens with one attached hydrogen (secondary N) is 2. The van der Waals surface area contributed by atoms with Crippen molar-refractivity contribution in [1.29, 1.82) is 0 Å². The highest BCUT2D eigenvalue weighted by Gasteiger charge is 2.40. The van der Waals surface area contributed by atoms with E-state index >= 15 is 0 Å². The molecule has 1 saturated heterocycles. The Hall–Kier alpha value is -0.900. The van der Waals surface area contributed by atoms with Gasteiger partial charge in [-0.2, -0.15) is 13.2 Å². The van der Waals surface area contributed by atoms with Gasteiger partial charge in [-0.3, -0.25) is 10.1 Å². The predicted octanol–water partition coefficient (Wildman–Crippen LogP) is -0.232. The number of hydrogen-bond donors (Lipinski definition) is 3. The van der Waals surface area contributed by atoms with Crippen LogP contribution in [-0.2, 0) is 14.3 Å². The van der Waals surface area contributed by atoms with Gasteiger partial charge in [0.1, 0.15) is 6.54 Å². The molecule has 1 rings (SSSR count). The minimum absolute atomic E-state index is 0.0864. The van der Waals surface area contributed by atoms with E-state index in [1.54, 1.807) is 19.2 Å². The lowest BCUT2D eigenvalue weighted by Crippen LogP contribution is -2.63. The highest BCUT2D eigenvalue weighted by atomic mass is 19.4. The lowest BCUT2D eigenvalue weighted by Gasteiger charge is -2.42. The molecule has 0 aromatic rings. The molecule has 0 spiro atoms. The summed E-state index contributed by atoms with van der Waals surface area (Å²) in [4.78, 5) is 11.3. The van der Waals surface area contributed by atoms with E-state index in [4.69, 9.17) is 9.47 Å². The second-order valence-electron chi connectivity index (χ2n) is 5.16. The van der Waals surface area contributed by atoms with Crippen molar-refractivity contribution in [1.82, 2.24) is 10.6 Å². The van der Waals surface area contributed by atoms with Crippen molar-refractivity contribution in [2.45, 2.75) is 31.3 Å². The molecule has 0 atom stereocenters. The number of rotatable bonds is 5. The van der Waals surface area contributed by atoms with Gasteiger partial charge in [-0.15, -0.1) is 0 Å². The zero-order valence-electron chi connectivity index (χ0n) is 11.3. The summed E-state index contributed by atoms with van der Waals surface area (Å²) >= 11 is 0. The first-order valence-corrected chi connectivity index (χ1v) is 6.05. The van der Waals surface area contributed by atoms with Crippen LogP contribution >= 0.6 is 0 Å². The van der Waals surface area contributed by atoms with Gasteiger partial charge in [0.2, 0.25) is 5.91 Å². The minimum atomic E-state index is -4.45. The normalized spacial score (nSPS) is 21.5. The number of carbonyl (C=O) groups excluding carboxylic acids is 1. The molecule has 0 aliphatic carbocycles. The van der Waals surface area contributed by atoms with Crippen LogP contribution in [0.15, 0.2) is 0 Å². The number of aliphatic hydroxyl groups excluding tert-OH is 1. The largest absolute Gasteiger partial charge is 0.405 e. The zero-order valence-corrected chi connectivity index (χ0v) is 11.3. The van der Waals surface area contributed by atoms with Gasteiger partial charge in [-0.05, 0) is 13.8 Å². The van der Waals surface area contributed by atoms with Crippen LogP contribution in [0.25, 0.3) is 0 Å². The average Bonchev–Trinajstić information content (AvgIpc) is 2.35. The average molecular weight is 300 g/mol. The molecule has 0 unspecified atom stereocenters. The van der Waals surface area contributed by atoms with Gasteiger partial charge < -0.3 is 19.9 Å². The fourth-order valence-electron chi connectivity index (χ4n) is 1.49. The monoisotopic (exact) mass is 300 g/mol. The summed E-state index contributed by atoms with van der Waals surface area (Å²) in [6.07, 6.45) is -4.45. The molecule has 1 fully saturated rings. The molecule has 20 heavy (non-hydrogen) atoms. The molecule has 1 amide bonds. The zero-order chi connectivity index (χ0) is 15.4. The summed E-state index contributed by atoms with van der Waals surface area (Å²) in [5, 5.41) is 13.8. The third-order valence-electron chi connectivity index (χ3n) is 2.80. The van der Waals surface area contributed by atoms with E-state index in [0.717, 1.165) is 0 Å². The number of carbonyl (C=O) groups is 1. The van der Waals surface area contributed by atoms with Gasteiger partial charge in [0.05, 0.1) is 31.9 Å². The Bertz CT molecular complexity index is 337. The van der Waals surface area contributed by atoms with Crippen LogP contribution in [0.4, 0.5) is 13.2 Å². The second kappa shape index (κ2) is 6.25. The summed E-state index contributed by atoms with van der Waals surface area (Å²) in [5.74, 6) is -1.61. The first-order chi connectivity index (χ1) is 9.08. The Labute approximate surface area is 114 Å². The highest BCUT2D eigenvalue weighted by Crippen LogP contribution is 2.23. The molecule has 1 aliphatic heterocycles. The van der Waals surface area contributed by atoms with Crippen molar-refractivity contribution >= 4 is 5.91 Å². The van der Waals surface area contributed by atoms with Gasteiger partial charge >= 0.3 is 6.18 Å². The van der Waals surface area contributed by atoms with Gasteiger partial charge in [-0.1, -0.05) is 0 Å². The van der Waals surface area contributed by atoms with Crippen LogP contribution in [0, 0.1) is 0 Å². The fraction of sp³-hybridized carbons (Fsp3) is 0.909. The van der Waals surface area contributed by atoms with Crippen LogP contribution < -0.4 is 10.6 Å². The second-order valence-corrected chi connectivity index (χ2v) is 5.16. The van der Waals surface area contributed by atoms with Gasteiger partial charge in [-0.25, -0.2) is 0 Å². The third-order valence-corrected chi connectivity index (χ3v) is 2.80. The molecular weight excluding hydrogens is 281 g/mol. The smallest absolute Gasteiger partial charge is 0.394 e. The van der Waals surface area contributed by atoms with E-state index in [0.29, 0.717) is 0 Å². The number of aliphatic hydroxyl groups is 1. The van der Waals surface area contributed by atoms with Crippen LogP contribution in [0.3, 0.4) is 0 Å². The standard InChI is InChI=1S/C11H19F3N2O4/c1-9(2)19-6-10(5-17,7-20-9)16-3-8(18)15-4-11(12,13)14/h16-17H,3-7H2,1-2H3,(H,15,18). The van der Waals surface area contributed by atoms with Crippen LogP contribution in [0.2, 0.25) is 0 Å². The molecule has 1 heterocycles. The van der Waals surface area contributed by atoms with Gasteiger partial charge in [0, 0.05) is 0 Å². The van der Waals surface area contributed by atoms with E-state index in [9.17, 15) is 23.1 Å².